The molecule has 0 aromatic heterocycles. The first-order valence-electron chi connectivity index (χ1n) is 5.06. The number of rotatable bonds is 4. The Morgan fingerprint density at radius 2 is 2.06 bits per heavy atom. The van der Waals surface area contributed by atoms with Gasteiger partial charge in [-0.05, 0) is 25.2 Å². The molecule has 1 aromatic carbocycles. The van der Waals surface area contributed by atoms with Crippen molar-refractivity contribution in [1.82, 2.24) is 4.67 Å². The Bertz CT molecular complexity index is 464. The lowest BCUT2D eigenvalue weighted by molar-refractivity contribution is -0.203. The highest BCUT2D eigenvalue weighted by atomic mass is 31.2. The van der Waals surface area contributed by atoms with Crippen LogP contribution < -0.4 is 9.42 Å². The van der Waals surface area contributed by atoms with Gasteiger partial charge in [0.05, 0.1) is 5.56 Å². The SMILES string of the molecule is CCN(C)P(=O)([O-])Oc1cccc(C(F)(F)F)c1. The monoisotopic (exact) mass is 282 g/mol. The van der Waals surface area contributed by atoms with Crippen LogP contribution in [0.3, 0.4) is 0 Å². The first kappa shape index (κ1) is 15.0. The molecule has 8 heteroatoms. The minimum absolute atomic E-state index is 0.166. The molecule has 1 unspecified atom stereocenters. The Morgan fingerprint density at radius 1 is 1.44 bits per heavy atom. The molecular weight excluding hydrogens is 270 g/mol. The maximum atomic E-state index is 12.4. The first-order chi connectivity index (χ1) is 8.16. The first-order valence-corrected chi connectivity index (χ1v) is 6.56. The number of halogens is 3. The van der Waals surface area contributed by atoms with Crippen molar-refractivity contribution >= 4 is 7.75 Å². The summed E-state index contributed by atoms with van der Waals surface area (Å²) in [7, 11) is -3.08. The molecule has 0 aliphatic carbocycles. The van der Waals surface area contributed by atoms with Crippen LogP contribution in [0.25, 0.3) is 0 Å². The average molecular weight is 282 g/mol. The second kappa shape index (κ2) is 5.30. The number of hydrogen-bond acceptors (Lipinski definition) is 3. The zero-order valence-corrected chi connectivity index (χ0v) is 10.7. The van der Waals surface area contributed by atoms with Gasteiger partial charge in [-0.3, -0.25) is 4.57 Å². The molecule has 0 aliphatic heterocycles. The standard InChI is InChI=1S/C10H13F3NO3P/c1-3-14(2)18(15,16)17-9-6-4-5-8(7-9)10(11,12)13/h4-7H,3H2,1-2H3,(H,15,16)/p-1. The molecule has 18 heavy (non-hydrogen) atoms. The maximum absolute atomic E-state index is 12.4. The molecule has 1 atom stereocenters. The van der Waals surface area contributed by atoms with E-state index in [2.05, 4.69) is 4.52 Å². The highest BCUT2D eigenvalue weighted by Gasteiger charge is 2.31. The zero-order valence-electron chi connectivity index (χ0n) is 9.77. The molecule has 0 bridgehead atoms. The molecule has 0 N–H and O–H groups in total. The Balaban J connectivity index is 2.96. The summed E-state index contributed by atoms with van der Waals surface area (Å²) in [5.41, 5.74) is -0.959. The molecule has 0 amide bonds. The van der Waals surface area contributed by atoms with E-state index in [-0.39, 0.29) is 12.3 Å². The molecule has 0 heterocycles. The largest absolute Gasteiger partial charge is 0.756 e. The molecule has 102 valence electrons. The van der Waals surface area contributed by atoms with Crippen LogP contribution in [0.4, 0.5) is 13.2 Å². The average Bonchev–Trinajstić information content (AvgIpc) is 2.26. The van der Waals surface area contributed by atoms with E-state index >= 15 is 0 Å². The van der Waals surface area contributed by atoms with Gasteiger partial charge in [-0.2, -0.15) is 13.2 Å². The molecule has 4 nitrogen and oxygen atoms in total. The summed E-state index contributed by atoms with van der Waals surface area (Å²) in [5.74, 6) is -0.358. The number of nitrogens with zero attached hydrogens (tertiary/aromatic N) is 1. The van der Waals surface area contributed by atoms with E-state index < -0.39 is 19.5 Å². The highest BCUT2D eigenvalue weighted by molar-refractivity contribution is 7.49. The summed E-state index contributed by atoms with van der Waals surface area (Å²) in [4.78, 5) is 11.5. The van der Waals surface area contributed by atoms with Gasteiger partial charge >= 0.3 is 6.18 Å². The lowest BCUT2D eigenvalue weighted by Crippen LogP contribution is -2.25. The topological polar surface area (TPSA) is 52.6 Å². The zero-order chi connectivity index (χ0) is 14.0. The van der Waals surface area contributed by atoms with Gasteiger partial charge in [-0.1, -0.05) is 13.0 Å². The van der Waals surface area contributed by atoms with E-state index in [1.165, 1.54) is 7.05 Å². The molecule has 1 aromatic rings. The van der Waals surface area contributed by atoms with Crippen LogP contribution in [0, 0.1) is 0 Å². The summed E-state index contributed by atoms with van der Waals surface area (Å²) in [6.45, 7) is 1.75. The van der Waals surface area contributed by atoms with E-state index in [4.69, 9.17) is 0 Å². The summed E-state index contributed by atoms with van der Waals surface area (Å²) >= 11 is 0. The normalized spacial score (nSPS) is 15.5. The quantitative estimate of drug-likeness (QED) is 0.796. The van der Waals surface area contributed by atoms with Crippen molar-refractivity contribution in [3.63, 3.8) is 0 Å². The molecule has 1 rings (SSSR count). The van der Waals surface area contributed by atoms with Crippen molar-refractivity contribution in [2.45, 2.75) is 13.1 Å². The van der Waals surface area contributed by atoms with Crippen molar-refractivity contribution in [3.8, 4) is 5.75 Å². The van der Waals surface area contributed by atoms with E-state index in [0.717, 1.165) is 22.9 Å². The van der Waals surface area contributed by atoms with Crippen LogP contribution in [-0.4, -0.2) is 18.3 Å². The van der Waals surface area contributed by atoms with Gasteiger partial charge < -0.3 is 9.42 Å². The van der Waals surface area contributed by atoms with Gasteiger partial charge in [0, 0.05) is 6.54 Å². The van der Waals surface area contributed by atoms with Crippen LogP contribution in [0.15, 0.2) is 24.3 Å². The van der Waals surface area contributed by atoms with E-state index in [0.29, 0.717) is 6.07 Å². The number of alkyl halides is 3. The van der Waals surface area contributed by atoms with Gasteiger partial charge in [0.25, 0.3) is 7.75 Å². The summed E-state index contributed by atoms with van der Waals surface area (Å²) in [6, 6.07) is 3.73. The van der Waals surface area contributed by atoms with Crippen LogP contribution in [0.2, 0.25) is 0 Å². The summed E-state index contributed by atoms with van der Waals surface area (Å²) in [6.07, 6.45) is -4.54. The van der Waals surface area contributed by atoms with Gasteiger partial charge in [0.15, 0.2) is 0 Å². The molecule has 0 fully saturated rings. The third-order valence-electron chi connectivity index (χ3n) is 2.26. The van der Waals surface area contributed by atoms with E-state index in [9.17, 15) is 22.6 Å². The van der Waals surface area contributed by atoms with Crippen molar-refractivity contribution in [2.75, 3.05) is 13.6 Å². The fraction of sp³-hybridized carbons (Fsp3) is 0.400. The Labute approximate surface area is 103 Å². The summed E-state index contributed by atoms with van der Waals surface area (Å²) in [5, 5.41) is 0. The predicted octanol–water partition coefficient (Wildman–Crippen LogP) is 2.50. The number of benzene rings is 1. The van der Waals surface area contributed by atoms with Crippen LogP contribution in [-0.2, 0) is 10.7 Å². The van der Waals surface area contributed by atoms with Gasteiger partial charge in [-0.15, -0.1) is 0 Å². The summed E-state index contributed by atoms with van der Waals surface area (Å²) < 4.78 is 54.3. The van der Waals surface area contributed by atoms with Crippen molar-refractivity contribution in [3.05, 3.63) is 29.8 Å². The van der Waals surface area contributed by atoms with Crippen molar-refractivity contribution in [2.24, 2.45) is 0 Å². The van der Waals surface area contributed by atoms with E-state index in [1.807, 2.05) is 0 Å². The van der Waals surface area contributed by atoms with Crippen LogP contribution in [0.5, 0.6) is 5.75 Å². The second-order valence-corrected chi connectivity index (χ2v) is 5.36. The van der Waals surface area contributed by atoms with Crippen molar-refractivity contribution in [1.29, 1.82) is 0 Å². The maximum Gasteiger partial charge on any atom is 0.416 e. The lowest BCUT2D eigenvalue weighted by Gasteiger charge is -2.31. The molecular formula is C10H12F3NO3P-. The Kier molecular flexibility index (Phi) is 4.42. The fourth-order valence-corrected chi connectivity index (χ4v) is 1.97. The Morgan fingerprint density at radius 3 is 2.56 bits per heavy atom. The predicted molar refractivity (Wildman–Crippen MR) is 58.0 cm³/mol. The van der Waals surface area contributed by atoms with Crippen LogP contribution in [0.1, 0.15) is 12.5 Å². The third kappa shape index (κ3) is 3.73. The molecule has 0 saturated carbocycles. The minimum atomic E-state index is -4.54. The fourth-order valence-electron chi connectivity index (χ4n) is 1.11. The minimum Gasteiger partial charge on any atom is -0.756 e. The Hall–Kier alpha value is -1.04. The molecule has 0 spiro atoms. The molecule has 0 radical (unpaired) electrons. The third-order valence-corrected chi connectivity index (χ3v) is 3.82. The van der Waals surface area contributed by atoms with Gasteiger partial charge in [0.1, 0.15) is 5.75 Å². The smallest absolute Gasteiger partial charge is 0.416 e. The molecule has 0 aliphatic rings. The van der Waals surface area contributed by atoms with Crippen molar-refractivity contribution < 1.29 is 27.2 Å². The van der Waals surface area contributed by atoms with Gasteiger partial charge in [0.2, 0.25) is 0 Å². The lowest BCUT2D eigenvalue weighted by atomic mass is 10.2. The second-order valence-electron chi connectivity index (χ2n) is 3.56. The highest BCUT2D eigenvalue weighted by Crippen LogP contribution is 2.42. The number of hydrogen-bond donors (Lipinski definition) is 0. The van der Waals surface area contributed by atoms with Gasteiger partial charge in [-0.25, -0.2) is 4.67 Å². The van der Waals surface area contributed by atoms with E-state index in [1.54, 1.807) is 6.92 Å². The van der Waals surface area contributed by atoms with Crippen LogP contribution >= 0.6 is 7.75 Å². The molecule has 0 saturated heterocycles.